The maximum Gasteiger partial charge on any atom is 0.337 e. The maximum absolute atomic E-state index is 12.0. The number of nitrogens with zero attached hydrogens (tertiary/aromatic N) is 2. The Kier molecular flexibility index (Phi) is 4.95. The summed E-state index contributed by atoms with van der Waals surface area (Å²) in [5.41, 5.74) is 0.967. The quantitative estimate of drug-likeness (QED) is 0.635. The van der Waals surface area contributed by atoms with Gasteiger partial charge in [0.05, 0.1) is 24.9 Å². The number of urea groups is 1. The summed E-state index contributed by atoms with van der Waals surface area (Å²) in [5.74, 6) is -0.0332. The van der Waals surface area contributed by atoms with E-state index in [1.54, 1.807) is 13.1 Å². The van der Waals surface area contributed by atoms with E-state index >= 15 is 0 Å². The van der Waals surface area contributed by atoms with Crippen LogP contribution in [0.3, 0.4) is 0 Å². The zero-order chi connectivity index (χ0) is 16.9. The molecular weight excluding hydrogens is 328 g/mol. The lowest BCUT2D eigenvalue weighted by atomic mass is 10.2. The molecule has 124 valence electrons. The van der Waals surface area contributed by atoms with E-state index in [1.165, 1.54) is 11.8 Å². The Labute approximate surface area is 142 Å². The van der Waals surface area contributed by atoms with Crippen LogP contribution >= 0.6 is 11.8 Å². The average Bonchev–Trinajstić information content (AvgIpc) is 2.60. The van der Waals surface area contributed by atoms with Crippen LogP contribution in [-0.2, 0) is 9.53 Å². The van der Waals surface area contributed by atoms with Crippen molar-refractivity contribution in [1.82, 2.24) is 20.8 Å². The van der Waals surface area contributed by atoms with Crippen molar-refractivity contribution in [2.45, 2.75) is 11.9 Å². The standard InChI is InChI=1S/C16H16N4O3S/c1-2-23-15(21)12-8-17-16(22)19-13(12)9-24-14-11-6-4-3-5-10(11)7-18-20-14/h3-7H,2,8-9H2,1H3,(H2,17,19,22). The molecule has 0 saturated heterocycles. The normalized spacial score (nSPS) is 14.3. The van der Waals surface area contributed by atoms with Gasteiger partial charge in [0.1, 0.15) is 5.03 Å². The van der Waals surface area contributed by atoms with Crippen LogP contribution in [0.4, 0.5) is 4.79 Å². The fraction of sp³-hybridized carbons (Fsp3) is 0.250. The Hall–Kier alpha value is -2.61. The molecule has 2 aromatic rings. The number of rotatable bonds is 5. The summed E-state index contributed by atoms with van der Waals surface area (Å²) < 4.78 is 5.04. The molecule has 1 aromatic heterocycles. The van der Waals surface area contributed by atoms with Gasteiger partial charge >= 0.3 is 12.0 Å². The van der Waals surface area contributed by atoms with Gasteiger partial charge in [-0.3, -0.25) is 0 Å². The highest BCUT2D eigenvalue weighted by Crippen LogP contribution is 2.26. The lowest BCUT2D eigenvalue weighted by Crippen LogP contribution is -2.44. The van der Waals surface area contributed by atoms with Crippen LogP contribution in [0.25, 0.3) is 10.8 Å². The van der Waals surface area contributed by atoms with Crippen molar-refractivity contribution in [3.8, 4) is 0 Å². The number of fused-ring (bicyclic) bond motifs is 1. The van der Waals surface area contributed by atoms with E-state index in [1.807, 2.05) is 24.3 Å². The molecule has 0 aliphatic carbocycles. The minimum Gasteiger partial charge on any atom is -0.463 e. The molecule has 0 saturated carbocycles. The van der Waals surface area contributed by atoms with Gasteiger partial charge in [-0.05, 0) is 6.92 Å². The Balaban J connectivity index is 1.84. The van der Waals surface area contributed by atoms with Gasteiger partial charge in [-0.1, -0.05) is 36.0 Å². The Morgan fingerprint density at radius 3 is 3.04 bits per heavy atom. The smallest absolute Gasteiger partial charge is 0.337 e. The molecule has 0 bridgehead atoms. The van der Waals surface area contributed by atoms with Crippen molar-refractivity contribution >= 4 is 34.5 Å². The van der Waals surface area contributed by atoms with E-state index in [-0.39, 0.29) is 19.2 Å². The maximum atomic E-state index is 12.0. The number of nitrogens with one attached hydrogen (secondary N) is 2. The fourth-order valence-electron chi connectivity index (χ4n) is 2.32. The third-order valence-electron chi connectivity index (χ3n) is 3.47. The van der Waals surface area contributed by atoms with Gasteiger partial charge < -0.3 is 15.4 Å². The minimum absolute atomic E-state index is 0.155. The van der Waals surface area contributed by atoms with Crippen LogP contribution < -0.4 is 10.6 Å². The van der Waals surface area contributed by atoms with E-state index in [0.29, 0.717) is 17.0 Å². The first kappa shape index (κ1) is 16.3. The molecule has 24 heavy (non-hydrogen) atoms. The highest BCUT2D eigenvalue weighted by atomic mass is 32.2. The molecule has 0 fully saturated rings. The predicted octanol–water partition coefficient (Wildman–Crippen LogP) is 1.85. The number of carbonyl (C=O) groups excluding carboxylic acids is 2. The second-order valence-electron chi connectivity index (χ2n) is 5.01. The van der Waals surface area contributed by atoms with Gasteiger partial charge in [0, 0.05) is 22.2 Å². The summed E-state index contributed by atoms with van der Waals surface area (Å²) in [6.07, 6.45) is 1.70. The van der Waals surface area contributed by atoms with Crippen molar-refractivity contribution < 1.29 is 14.3 Å². The molecule has 2 amide bonds. The number of amides is 2. The minimum atomic E-state index is -0.426. The largest absolute Gasteiger partial charge is 0.463 e. The number of esters is 1. The van der Waals surface area contributed by atoms with Crippen molar-refractivity contribution in [2.75, 3.05) is 18.9 Å². The first-order valence-electron chi connectivity index (χ1n) is 7.46. The molecule has 0 atom stereocenters. The highest BCUT2D eigenvalue weighted by Gasteiger charge is 2.23. The second kappa shape index (κ2) is 7.31. The fourth-order valence-corrected chi connectivity index (χ4v) is 3.29. The molecule has 7 nitrogen and oxygen atoms in total. The number of aromatic nitrogens is 2. The lowest BCUT2D eigenvalue weighted by Gasteiger charge is -2.21. The summed E-state index contributed by atoms with van der Waals surface area (Å²) in [6.45, 7) is 2.18. The van der Waals surface area contributed by atoms with Crippen molar-refractivity contribution in [3.05, 3.63) is 41.7 Å². The summed E-state index contributed by atoms with van der Waals surface area (Å²) in [5, 5.41) is 16.1. The van der Waals surface area contributed by atoms with Crippen LogP contribution in [0.15, 0.2) is 46.8 Å². The summed E-state index contributed by atoms with van der Waals surface area (Å²) in [7, 11) is 0. The van der Waals surface area contributed by atoms with Crippen LogP contribution in [0.1, 0.15) is 6.92 Å². The zero-order valence-electron chi connectivity index (χ0n) is 13.0. The molecular formula is C16H16N4O3S. The van der Waals surface area contributed by atoms with Gasteiger partial charge in [-0.15, -0.1) is 5.10 Å². The molecule has 0 spiro atoms. The number of ether oxygens (including phenoxy) is 1. The predicted molar refractivity (Wildman–Crippen MR) is 90.5 cm³/mol. The molecule has 1 aliphatic heterocycles. The van der Waals surface area contributed by atoms with E-state index in [0.717, 1.165) is 15.8 Å². The van der Waals surface area contributed by atoms with E-state index in [4.69, 9.17) is 4.74 Å². The first-order valence-corrected chi connectivity index (χ1v) is 8.45. The van der Waals surface area contributed by atoms with Gasteiger partial charge in [-0.25, -0.2) is 9.59 Å². The van der Waals surface area contributed by atoms with Crippen molar-refractivity contribution in [2.24, 2.45) is 0 Å². The lowest BCUT2D eigenvalue weighted by molar-refractivity contribution is -0.138. The second-order valence-corrected chi connectivity index (χ2v) is 5.97. The van der Waals surface area contributed by atoms with Crippen LogP contribution in [0, 0.1) is 0 Å². The SMILES string of the molecule is CCOC(=O)C1=C(CSc2nncc3ccccc23)NC(=O)NC1. The van der Waals surface area contributed by atoms with E-state index in [2.05, 4.69) is 20.8 Å². The van der Waals surface area contributed by atoms with Crippen LogP contribution in [-0.4, -0.2) is 41.1 Å². The van der Waals surface area contributed by atoms with Crippen molar-refractivity contribution in [1.29, 1.82) is 0 Å². The molecule has 0 unspecified atom stereocenters. The molecule has 1 aromatic carbocycles. The molecule has 8 heteroatoms. The average molecular weight is 344 g/mol. The third-order valence-corrected chi connectivity index (χ3v) is 4.47. The molecule has 1 aliphatic rings. The highest BCUT2D eigenvalue weighted by molar-refractivity contribution is 7.99. The van der Waals surface area contributed by atoms with Gasteiger partial charge in [0.25, 0.3) is 0 Å². The molecule has 0 radical (unpaired) electrons. The van der Waals surface area contributed by atoms with Gasteiger partial charge in [0.2, 0.25) is 0 Å². The summed E-state index contributed by atoms with van der Waals surface area (Å²) in [4.78, 5) is 23.6. The molecule has 2 heterocycles. The summed E-state index contributed by atoms with van der Waals surface area (Å²) >= 11 is 1.42. The Morgan fingerprint density at radius 1 is 1.38 bits per heavy atom. The Morgan fingerprint density at radius 2 is 2.21 bits per heavy atom. The first-order chi connectivity index (χ1) is 11.7. The van der Waals surface area contributed by atoms with E-state index < -0.39 is 5.97 Å². The Bertz CT molecular complexity index is 817. The number of hydrogen-bond donors (Lipinski definition) is 2. The number of hydrogen-bond acceptors (Lipinski definition) is 6. The van der Waals surface area contributed by atoms with Crippen LogP contribution in [0.2, 0.25) is 0 Å². The third kappa shape index (κ3) is 3.48. The monoisotopic (exact) mass is 344 g/mol. The van der Waals surface area contributed by atoms with Gasteiger partial charge in [-0.2, -0.15) is 5.10 Å². The van der Waals surface area contributed by atoms with Gasteiger partial charge in [0.15, 0.2) is 0 Å². The summed E-state index contributed by atoms with van der Waals surface area (Å²) in [6, 6.07) is 7.47. The number of carbonyl (C=O) groups is 2. The topological polar surface area (TPSA) is 93.2 Å². The number of thioether (sulfide) groups is 1. The van der Waals surface area contributed by atoms with E-state index in [9.17, 15) is 9.59 Å². The van der Waals surface area contributed by atoms with Crippen LogP contribution in [0.5, 0.6) is 0 Å². The number of benzene rings is 1. The van der Waals surface area contributed by atoms with Crippen molar-refractivity contribution in [3.63, 3.8) is 0 Å². The zero-order valence-corrected chi connectivity index (χ0v) is 13.9. The molecule has 2 N–H and O–H groups in total. The molecule has 3 rings (SSSR count).